The SMILES string of the molecule is C[C@H]1N(C)c2cccnc2N1c1cccc2c1C(C)(C)c1ncccc1-2. The first-order valence-electron chi connectivity index (χ1n) is 9.08. The second-order valence-electron chi connectivity index (χ2n) is 7.68. The molecule has 0 radical (unpaired) electrons. The highest BCUT2D eigenvalue weighted by Crippen LogP contribution is 2.54. The number of benzene rings is 1. The number of anilines is 3. The molecule has 1 aliphatic heterocycles. The predicted octanol–water partition coefficient (Wildman–Crippen LogP) is 4.72. The lowest BCUT2D eigenvalue weighted by Gasteiger charge is -2.32. The summed E-state index contributed by atoms with van der Waals surface area (Å²) in [7, 11) is 2.13. The molecule has 0 spiro atoms. The van der Waals surface area contributed by atoms with Crippen LogP contribution in [0.15, 0.2) is 54.9 Å². The van der Waals surface area contributed by atoms with E-state index in [0.29, 0.717) is 0 Å². The summed E-state index contributed by atoms with van der Waals surface area (Å²) >= 11 is 0. The summed E-state index contributed by atoms with van der Waals surface area (Å²) in [4.78, 5) is 14.1. The van der Waals surface area contributed by atoms with Crippen LogP contribution in [0.25, 0.3) is 11.1 Å². The van der Waals surface area contributed by atoms with Crippen LogP contribution in [0.1, 0.15) is 32.0 Å². The van der Waals surface area contributed by atoms with Crippen molar-refractivity contribution in [3.63, 3.8) is 0 Å². The standard InChI is InChI=1S/C22H22N4/c1-14-25(4)18-11-7-13-24-21(18)26(14)17-10-5-8-15-16-9-6-12-23-20(16)22(2,3)19(15)17/h5-14H,1-4H3/t14-/m0/s1. The van der Waals surface area contributed by atoms with Gasteiger partial charge in [0.1, 0.15) is 6.17 Å². The molecule has 5 rings (SSSR count). The molecule has 0 amide bonds. The van der Waals surface area contributed by atoms with Crippen molar-refractivity contribution in [2.45, 2.75) is 32.4 Å². The van der Waals surface area contributed by atoms with Crippen LogP contribution < -0.4 is 9.80 Å². The van der Waals surface area contributed by atoms with Crippen molar-refractivity contribution in [2.75, 3.05) is 16.8 Å². The van der Waals surface area contributed by atoms with Crippen LogP contribution >= 0.6 is 0 Å². The van der Waals surface area contributed by atoms with E-state index in [1.807, 2.05) is 24.5 Å². The Hall–Kier alpha value is -2.88. The maximum atomic E-state index is 4.73. The first kappa shape index (κ1) is 15.4. The van der Waals surface area contributed by atoms with E-state index in [1.165, 1.54) is 28.1 Å². The Balaban J connectivity index is 1.78. The molecule has 130 valence electrons. The van der Waals surface area contributed by atoms with Gasteiger partial charge in [-0.25, -0.2) is 4.98 Å². The van der Waals surface area contributed by atoms with Crippen molar-refractivity contribution < 1.29 is 0 Å². The lowest BCUT2D eigenvalue weighted by atomic mass is 9.84. The Morgan fingerprint density at radius 2 is 1.58 bits per heavy atom. The van der Waals surface area contributed by atoms with Gasteiger partial charge in [0.25, 0.3) is 0 Å². The van der Waals surface area contributed by atoms with E-state index in [1.54, 1.807) is 0 Å². The van der Waals surface area contributed by atoms with Gasteiger partial charge in [-0.1, -0.05) is 32.0 Å². The van der Waals surface area contributed by atoms with E-state index in [-0.39, 0.29) is 11.6 Å². The van der Waals surface area contributed by atoms with Crippen LogP contribution in [0, 0.1) is 0 Å². The van der Waals surface area contributed by atoms with Gasteiger partial charge in [0.05, 0.1) is 11.4 Å². The molecule has 4 nitrogen and oxygen atoms in total. The van der Waals surface area contributed by atoms with Crippen molar-refractivity contribution in [1.29, 1.82) is 0 Å². The van der Waals surface area contributed by atoms with Gasteiger partial charge < -0.3 is 9.80 Å². The fourth-order valence-electron chi connectivity index (χ4n) is 4.58. The number of pyridine rings is 2. The third-order valence-corrected chi connectivity index (χ3v) is 5.93. The van der Waals surface area contributed by atoms with E-state index >= 15 is 0 Å². The Bertz CT molecular complexity index is 1020. The minimum atomic E-state index is -0.141. The van der Waals surface area contributed by atoms with Gasteiger partial charge in [0, 0.05) is 36.1 Å². The Labute approximate surface area is 154 Å². The minimum Gasteiger partial charge on any atom is -0.351 e. The summed E-state index contributed by atoms with van der Waals surface area (Å²) < 4.78 is 0. The molecule has 3 aromatic rings. The lowest BCUT2D eigenvalue weighted by molar-refractivity contribution is 0.630. The van der Waals surface area contributed by atoms with Crippen LogP contribution in [-0.4, -0.2) is 23.2 Å². The molecular weight excluding hydrogens is 320 g/mol. The first-order valence-corrected chi connectivity index (χ1v) is 9.08. The zero-order valence-electron chi connectivity index (χ0n) is 15.6. The third kappa shape index (κ3) is 1.79. The summed E-state index contributed by atoms with van der Waals surface area (Å²) in [5.74, 6) is 1.02. The highest BCUT2D eigenvalue weighted by molar-refractivity contribution is 5.89. The van der Waals surface area contributed by atoms with Crippen LogP contribution in [0.5, 0.6) is 0 Å². The van der Waals surface area contributed by atoms with Crippen molar-refractivity contribution in [2.24, 2.45) is 0 Å². The molecule has 0 N–H and O–H groups in total. The molecule has 1 aliphatic carbocycles. The number of aromatic nitrogens is 2. The van der Waals surface area contributed by atoms with Crippen molar-refractivity contribution in [3.05, 3.63) is 66.1 Å². The average Bonchev–Trinajstić information content (AvgIpc) is 3.05. The Morgan fingerprint density at radius 1 is 0.885 bits per heavy atom. The molecule has 0 fully saturated rings. The first-order chi connectivity index (χ1) is 12.5. The van der Waals surface area contributed by atoms with Gasteiger partial charge >= 0.3 is 0 Å². The Morgan fingerprint density at radius 3 is 2.42 bits per heavy atom. The lowest BCUT2D eigenvalue weighted by Crippen LogP contribution is -2.37. The molecule has 26 heavy (non-hydrogen) atoms. The maximum absolute atomic E-state index is 4.73. The maximum Gasteiger partial charge on any atom is 0.158 e. The number of hydrogen-bond donors (Lipinski definition) is 0. The number of rotatable bonds is 1. The van der Waals surface area contributed by atoms with Gasteiger partial charge in [0.15, 0.2) is 5.82 Å². The van der Waals surface area contributed by atoms with Crippen molar-refractivity contribution in [1.82, 2.24) is 9.97 Å². The summed E-state index contributed by atoms with van der Waals surface area (Å²) in [6.45, 7) is 6.78. The molecule has 1 atom stereocenters. The third-order valence-electron chi connectivity index (χ3n) is 5.93. The summed E-state index contributed by atoms with van der Waals surface area (Å²) in [6.07, 6.45) is 3.98. The number of nitrogens with zero attached hydrogens (tertiary/aromatic N) is 4. The largest absolute Gasteiger partial charge is 0.351 e. The topological polar surface area (TPSA) is 32.3 Å². The summed E-state index contributed by atoms with van der Waals surface area (Å²) in [6, 6.07) is 15.0. The minimum absolute atomic E-state index is 0.141. The van der Waals surface area contributed by atoms with Crippen LogP contribution in [0.2, 0.25) is 0 Å². The highest BCUT2D eigenvalue weighted by Gasteiger charge is 2.42. The van der Waals surface area contributed by atoms with Gasteiger partial charge in [0.2, 0.25) is 0 Å². The van der Waals surface area contributed by atoms with Crippen LogP contribution in [-0.2, 0) is 5.41 Å². The fraction of sp³-hybridized carbons (Fsp3) is 0.273. The Kier molecular flexibility index (Phi) is 3.00. The van der Waals surface area contributed by atoms with Gasteiger partial charge in [-0.2, -0.15) is 0 Å². The normalized spacial score (nSPS) is 19.3. The molecule has 2 aromatic heterocycles. The summed E-state index contributed by atoms with van der Waals surface area (Å²) in [5, 5.41) is 0. The van der Waals surface area contributed by atoms with Crippen molar-refractivity contribution in [3.8, 4) is 11.1 Å². The van der Waals surface area contributed by atoms with E-state index in [0.717, 1.165) is 11.5 Å². The van der Waals surface area contributed by atoms with Gasteiger partial charge in [-0.3, -0.25) is 4.98 Å². The molecule has 0 saturated carbocycles. The molecule has 1 aromatic carbocycles. The van der Waals surface area contributed by atoms with Gasteiger partial charge in [-0.05, 0) is 42.3 Å². The predicted molar refractivity (Wildman–Crippen MR) is 106 cm³/mol. The second-order valence-corrected chi connectivity index (χ2v) is 7.68. The van der Waals surface area contributed by atoms with Gasteiger partial charge in [-0.15, -0.1) is 0 Å². The summed E-state index contributed by atoms with van der Waals surface area (Å²) in [5.41, 5.74) is 7.28. The quantitative estimate of drug-likeness (QED) is 0.641. The smallest absolute Gasteiger partial charge is 0.158 e. The van der Waals surface area contributed by atoms with E-state index in [2.05, 4.69) is 68.0 Å². The van der Waals surface area contributed by atoms with Crippen LogP contribution in [0.4, 0.5) is 17.2 Å². The molecule has 3 heterocycles. The zero-order chi connectivity index (χ0) is 18.1. The second kappa shape index (κ2) is 5.07. The molecule has 2 aliphatic rings. The molecule has 0 saturated heterocycles. The monoisotopic (exact) mass is 342 g/mol. The average molecular weight is 342 g/mol. The number of fused-ring (bicyclic) bond motifs is 4. The van der Waals surface area contributed by atoms with E-state index < -0.39 is 0 Å². The molecule has 4 heteroatoms. The fourth-order valence-corrected chi connectivity index (χ4v) is 4.58. The zero-order valence-corrected chi connectivity index (χ0v) is 15.6. The number of hydrogen-bond acceptors (Lipinski definition) is 4. The van der Waals surface area contributed by atoms with Crippen LogP contribution in [0.3, 0.4) is 0 Å². The molecular formula is C22H22N4. The molecule has 0 unspecified atom stereocenters. The van der Waals surface area contributed by atoms with E-state index in [4.69, 9.17) is 9.97 Å². The van der Waals surface area contributed by atoms with Crippen molar-refractivity contribution >= 4 is 17.2 Å². The highest BCUT2D eigenvalue weighted by atomic mass is 15.4. The van der Waals surface area contributed by atoms with E-state index in [9.17, 15) is 0 Å². The molecule has 0 bridgehead atoms.